The van der Waals surface area contributed by atoms with E-state index in [-0.39, 0.29) is 0 Å². The fraction of sp³-hybridized carbons (Fsp3) is 0.529. The molecule has 0 aliphatic carbocycles. The lowest BCUT2D eigenvalue weighted by molar-refractivity contribution is 0.190. The first kappa shape index (κ1) is 15.1. The summed E-state index contributed by atoms with van der Waals surface area (Å²) in [5.41, 5.74) is 2.74. The SMILES string of the molecule is COCCCn1ccc2cccc(CNCC(C)C)c21. The fourth-order valence-electron chi connectivity index (χ4n) is 2.54. The molecule has 0 unspecified atom stereocenters. The Morgan fingerprint density at radius 1 is 1.25 bits per heavy atom. The molecule has 2 rings (SSSR count). The zero-order valence-corrected chi connectivity index (χ0v) is 12.9. The Bertz CT molecular complexity index is 531. The molecule has 3 heteroatoms. The summed E-state index contributed by atoms with van der Waals surface area (Å²) in [4.78, 5) is 0. The number of hydrogen-bond acceptors (Lipinski definition) is 2. The van der Waals surface area contributed by atoms with Crippen LogP contribution < -0.4 is 5.32 Å². The van der Waals surface area contributed by atoms with Crippen LogP contribution in [0.5, 0.6) is 0 Å². The molecule has 0 atom stereocenters. The highest BCUT2D eigenvalue weighted by Gasteiger charge is 2.06. The molecule has 0 saturated carbocycles. The summed E-state index contributed by atoms with van der Waals surface area (Å²) in [6.07, 6.45) is 3.24. The summed E-state index contributed by atoms with van der Waals surface area (Å²) >= 11 is 0. The van der Waals surface area contributed by atoms with Gasteiger partial charge in [-0.15, -0.1) is 0 Å². The van der Waals surface area contributed by atoms with Crippen LogP contribution in [-0.2, 0) is 17.8 Å². The van der Waals surface area contributed by atoms with Gasteiger partial charge in [0.15, 0.2) is 0 Å². The van der Waals surface area contributed by atoms with E-state index in [1.807, 2.05) is 0 Å². The molecule has 0 fully saturated rings. The number of aryl methyl sites for hydroxylation is 1. The molecule has 110 valence electrons. The van der Waals surface area contributed by atoms with Crippen molar-refractivity contribution in [1.29, 1.82) is 0 Å². The molecule has 0 bridgehead atoms. The zero-order chi connectivity index (χ0) is 14.4. The van der Waals surface area contributed by atoms with Crippen LogP contribution >= 0.6 is 0 Å². The first-order valence-electron chi connectivity index (χ1n) is 7.48. The predicted octanol–water partition coefficient (Wildman–Crippen LogP) is 3.42. The third-order valence-electron chi connectivity index (χ3n) is 3.49. The van der Waals surface area contributed by atoms with Gasteiger partial charge in [0.2, 0.25) is 0 Å². The molecule has 1 N–H and O–H groups in total. The van der Waals surface area contributed by atoms with Crippen molar-refractivity contribution in [1.82, 2.24) is 9.88 Å². The van der Waals surface area contributed by atoms with Crippen molar-refractivity contribution in [2.75, 3.05) is 20.3 Å². The highest BCUT2D eigenvalue weighted by Crippen LogP contribution is 2.20. The number of methoxy groups -OCH3 is 1. The number of hydrogen-bond donors (Lipinski definition) is 1. The third-order valence-corrected chi connectivity index (χ3v) is 3.49. The molecule has 0 amide bonds. The molecular weight excluding hydrogens is 248 g/mol. The quantitative estimate of drug-likeness (QED) is 0.746. The van der Waals surface area contributed by atoms with E-state index in [4.69, 9.17) is 4.74 Å². The van der Waals surface area contributed by atoms with Crippen molar-refractivity contribution in [3.05, 3.63) is 36.0 Å². The minimum Gasteiger partial charge on any atom is -0.385 e. The van der Waals surface area contributed by atoms with E-state index >= 15 is 0 Å². The van der Waals surface area contributed by atoms with Gasteiger partial charge >= 0.3 is 0 Å². The van der Waals surface area contributed by atoms with E-state index in [0.29, 0.717) is 5.92 Å². The van der Waals surface area contributed by atoms with Gasteiger partial charge in [-0.3, -0.25) is 0 Å². The summed E-state index contributed by atoms with van der Waals surface area (Å²) in [5.74, 6) is 0.683. The number of rotatable bonds is 8. The van der Waals surface area contributed by atoms with Crippen LogP contribution in [-0.4, -0.2) is 24.8 Å². The molecule has 0 saturated heterocycles. The zero-order valence-electron chi connectivity index (χ0n) is 12.9. The number of nitrogens with one attached hydrogen (secondary N) is 1. The summed E-state index contributed by atoms with van der Waals surface area (Å²) < 4.78 is 7.50. The van der Waals surface area contributed by atoms with Crippen molar-refractivity contribution in [3.63, 3.8) is 0 Å². The number of ether oxygens (including phenoxy) is 1. The lowest BCUT2D eigenvalue weighted by atomic mass is 10.1. The fourth-order valence-corrected chi connectivity index (χ4v) is 2.54. The number of nitrogens with zero attached hydrogens (tertiary/aromatic N) is 1. The van der Waals surface area contributed by atoms with Gasteiger partial charge in [-0.2, -0.15) is 0 Å². The highest BCUT2D eigenvalue weighted by atomic mass is 16.5. The van der Waals surface area contributed by atoms with Gasteiger partial charge in [-0.25, -0.2) is 0 Å². The summed E-state index contributed by atoms with van der Waals surface area (Å²) in [6.45, 7) is 8.29. The van der Waals surface area contributed by atoms with Gasteiger partial charge in [0.1, 0.15) is 0 Å². The van der Waals surface area contributed by atoms with Gasteiger partial charge in [0, 0.05) is 33.0 Å². The minimum absolute atomic E-state index is 0.683. The molecule has 1 aromatic carbocycles. The summed E-state index contributed by atoms with van der Waals surface area (Å²) in [7, 11) is 1.76. The van der Waals surface area contributed by atoms with E-state index in [2.05, 4.69) is 54.2 Å². The van der Waals surface area contributed by atoms with Crippen LogP contribution in [0.15, 0.2) is 30.5 Å². The van der Waals surface area contributed by atoms with Crippen molar-refractivity contribution in [2.24, 2.45) is 5.92 Å². The standard InChI is InChI=1S/C17H26N2O/c1-14(2)12-18-13-16-7-4-6-15-8-10-19(17(15)16)9-5-11-20-3/h4,6-8,10,14,18H,5,9,11-13H2,1-3H3. The number of para-hydroxylation sites is 1. The Kier molecular flexibility index (Phi) is 5.62. The molecule has 0 aliphatic rings. The van der Waals surface area contributed by atoms with Crippen LogP contribution in [0.3, 0.4) is 0 Å². The second kappa shape index (κ2) is 7.46. The minimum atomic E-state index is 0.683. The number of fused-ring (bicyclic) bond motifs is 1. The van der Waals surface area contributed by atoms with Crippen molar-refractivity contribution >= 4 is 10.9 Å². The Morgan fingerprint density at radius 3 is 2.85 bits per heavy atom. The maximum Gasteiger partial charge on any atom is 0.0525 e. The van der Waals surface area contributed by atoms with Crippen molar-refractivity contribution in [3.8, 4) is 0 Å². The Labute approximate surface area is 121 Å². The molecular formula is C17H26N2O. The second-order valence-corrected chi connectivity index (χ2v) is 5.74. The van der Waals surface area contributed by atoms with Gasteiger partial charge in [-0.1, -0.05) is 32.0 Å². The largest absolute Gasteiger partial charge is 0.385 e. The first-order chi connectivity index (χ1) is 9.72. The third kappa shape index (κ3) is 3.84. The molecule has 2 aromatic rings. The second-order valence-electron chi connectivity index (χ2n) is 5.74. The molecule has 3 nitrogen and oxygen atoms in total. The molecule has 1 aromatic heterocycles. The predicted molar refractivity (Wildman–Crippen MR) is 85.0 cm³/mol. The lowest BCUT2D eigenvalue weighted by Crippen LogP contribution is -2.19. The van der Waals surface area contributed by atoms with Gasteiger partial charge in [0.05, 0.1) is 5.52 Å². The highest BCUT2D eigenvalue weighted by molar-refractivity contribution is 5.83. The molecule has 0 aliphatic heterocycles. The van der Waals surface area contributed by atoms with Crippen molar-refractivity contribution < 1.29 is 4.74 Å². The first-order valence-corrected chi connectivity index (χ1v) is 7.48. The van der Waals surface area contributed by atoms with Gasteiger partial charge < -0.3 is 14.6 Å². The maximum atomic E-state index is 5.15. The van der Waals surface area contributed by atoms with E-state index in [9.17, 15) is 0 Å². The normalized spacial score (nSPS) is 11.6. The van der Waals surface area contributed by atoms with E-state index < -0.39 is 0 Å². The Hall–Kier alpha value is -1.32. The van der Waals surface area contributed by atoms with Crippen LogP contribution in [0.25, 0.3) is 10.9 Å². The lowest BCUT2D eigenvalue weighted by Gasteiger charge is -2.12. The number of benzene rings is 1. The molecule has 0 spiro atoms. The van der Waals surface area contributed by atoms with Crippen LogP contribution in [0.4, 0.5) is 0 Å². The topological polar surface area (TPSA) is 26.2 Å². The molecule has 20 heavy (non-hydrogen) atoms. The van der Waals surface area contributed by atoms with Crippen LogP contribution in [0.2, 0.25) is 0 Å². The van der Waals surface area contributed by atoms with Crippen molar-refractivity contribution in [2.45, 2.75) is 33.4 Å². The van der Waals surface area contributed by atoms with Gasteiger partial charge in [0.25, 0.3) is 0 Å². The monoisotopic (exact) mass is 274 g/mol. The van der Waals surface area contributed by atoms with Crippen LogP contribution in [0.1, 0.15) is 25.8 Å². The van der Waals surface area contributed by atoms with Gasteiger partial charge in [-0.05, 0) is 35.9 Å². The van der Waals surface area contributed by atoms with E-state index in [1.165, 1.54) is 16.5 Å². The Balaban J connectivity index is 2.13. The van der Waals surface area contributed by atoms with Crippen LogP contribution in [0, 0.1) is 5.92 Å². The Morgan fingerprint density at radius 2 is 2.10 bits per heavy atom. The summed E-state index contributed by atoms with van der Waals surface area (Å²) in [5, 5.41) is 4.86. The molecule has 0 radical (unpaired) electrons. The van der Waals surface area contributed by atoms with E-state index in [1.54, 1.807) is 7.11 Å². The smallest absolute Gasteiger partial charge is 0.0525 e. The average Bonchev–Trinajstić information content (AvgIpc) is 2.83. The molecule has 1 heterocycles. The van der Waals surface area contributed by atoms with E-state index in [0.717, 1.165) is 32.7 Å². The number of aromatic nitrogens is 1. The average molecular weight is 274 g/mol. The summed E-state index contributed by atoms with van der Waals surface area (Å²) in [6, 6.07) is 8.76. The maximum absolute atomic E-state index is 5.15.